The van der Waals surface area contributed by atoms with Crippen molar-refractivity contribution in [3.63, 3.8) is 0 Å². The third kappa shape index (κ3) is 9.52. The number of aliphatic hydroxyl groups is 3. The monoisotopic (exact) mass is 446 g/mol. The molecule has 1 aromatic carbocycles. The molecule has 30 heavy (non-hydrogen) atoms. The number of unbranched alkanes of at least 4 members (excludes halogenated alkanes) is 1. The van der Waals surface area contributed by atoms with E-state index in [-0.39, 0.29) is 60.8 Å². The maximum Gasteiger partial charge on any atom is 1.00 e. The zero-order chi connectivity index (χ0) is 21.2. The Hall–Kier alpha value is -0.860. The van der Waals surface area contributed by atoms with Gasteiger partial charge in [-0.3, -0.25) is 0 Å². The number of hydrogen-bond acceptors (Lipinski definition) is 6. The van der Waals surface area contributed by atoms with Crippen molar-refractivity contribution in [2.24, 2.45) is 11.8 Å². The van der Waals surface area contributed by atoms with E-state index in [0.717, 1.165) is 0 Å². The van der Waals surface area contributed by atoms with Crippen LogP contribution < -0.4 is 39.4 Å². The minimum Gasteiger partial charge on any atom is -0.550 e. The Labute approximate surface area is 204 Å². The van der Waals surface area contributed by atoms with Gasteiger partial charge in [-0.2, -0.15) is 0 Å². The number of carbonyl (C=O) groups is 1. The van der Waals surface area contributed by atoms with Crippen molar-refractivity contribution in [1.82, 2.24) is 0 Å². The van der Waals surface area contributed by atoms with Crippen LogP contribution in [-0.4, -0.2) is 46.2 Å². The van der Waals surface area contributed by atoms with Gasteiger partial charge in [0.15, 0.2) is 0 Å². The Kier molecular flexibility index (Phi) is 12.9. The van der Waals surface area contributed by atoms with Gasteiger partial charge in [0.2, 0.25) is 0 Å². The summed E-state index contributed by atoms with van der Waals surface area (Å²) < 4.78 is 5.50. The Balaban J connectivity index is 0.00000450. The summed E-state index contributed by atoms with van der Waals surface area (Å²) in [5, 5.41) is 41.6. The second-order valence-electron chi connectivity index (χ2n) is 7.30. The number of hydrogen-bond donors (Lipinski definition) is 3. The molecular weight excluding hydrogens is 419 g/mol. The topological polar surface area (TPSA) is 110 Å². The summed E-state index contributed by atoms with van der Waals surface area (Å²) in [5.74, 6) is -0.947. The third-order valence-corrected chi connectivity index (χ3v) is 5.25. The molecule has 1 fully saturated rings. The molecule has 1 unspecified atom stereocenters. The van der Waals surface area contributed by atoms with Crippen LogP contribution in [0.15, 0.2) is 48.6 Å². The number of aliphatic hydroxyl groups excluding tert-OH is 3. The average molecular weight is 447 g/mol. The van der Waals surface area contributed by atoms with Crippen LogP contribution in [0.1, 0.15) is 32.1 Å². The molecule has 0 aromatic heterocycles. The van der Waals surface area contributed by atoms with Gasteiger partial charge in [-0.15, -0.1) is 0 Å². The molecule has 1 aromatic rings. The SMILES string of the molecule is O=C([O-])CCC/C=C\C[C@@H]1[C@@H](/C=C/C(O)COc2cccc(Cl)c2)[C@H](O)C[C@@H]1O.[Na+]. The minimum atomic E-state index is -1.06. The molecule has 0 saturated heterocycles. The zero-order valence-corrected chi connectivity index (χ0v) is 19.9. The van der Waals surface area contributed by atoms with Crippen molar-refractivity contribution in [2.45, 2.75) is 50.4 Å². The zero-order valence-electron chi connectivity index (χ0n) is 17.2. The Morgan fingerprint density at radius 3 is 2.77 bits per heavy atom. The molecule has 1 aliphatic carbocycles. The molecule has 0 spiro atoms. The van der Waals surface area contributed by atoms with E-state index in [1.54, 1.807) is 36.4 Å². The maximum absolute atomic E-state index is 10.4. The van der Waals surface area contributed by atoms with E-state index < -0.39 is 24.3 Å². The van der Waals surface area contributed by atoms with E-state index in [0.29, 0.717) is 30.0 Å². The summed E-state index contributed by atoms with van der Waals surface area (Å²) >= 11 is 5.89. The van der Waals surface area contributed by atoms with Gasteiger partial charge in [-0.05, 0) is 49.8 Å². The molecule has 160 valence electrons. The van der Waals surface area contributed by atoms with E-state index in [1.807, 2.05) is 12.2 Å². The van der Waals surface area contributed by atoms with Gasteiger partial charge < -0.3 is 30.0 Å². The van der Waals surface area contributed by atoms with Crippen LogP contribution in [-0.2, 0) is 4.79 Å². The standard InChI is InChI=1S/C22H29ClO6.Na/c23-15-6-5-7-17(12-15)29-14-16(24)10-11-19-18(20(25)13-21(19)26)8-3-1-2-4-9-22(27)28;/h1,3,5-7,10-12,16,18-21,24-26H,2,4,8-9,13-14H2,(H,27,28);/q;+1/p-1/b3-1-,11-10+;/t16?,18-,19-,20+,21-;/m1./s1. The predicted molar refractivity (Wildman–Crippen MR) is 108 cm³/mol. The van der Waals surface area contributed by atoms with E-state index in [4.69, 9.17) is 16.3 Å². The summed E-state index contributed by atoms with van der Waals surface area (Å²) in [6.07, 6.45) is 6.93. The fraction of sp³-hybridized carbons (Fsp3) is 0.500. The van der Waals surface area contributed by atoms with Gasteiger partial charge in [0.1, 0.15) is 18.5 Å². The number of carbonyl (C=O) groups excluding carboxylic acids is 1. The first-order valence-electron chi connectivity index (χ1n) is 9.82. The van der Waals surface area contributed by atoms with E-state index in [9.17, 15) is 25.2 Å². The number of rotatable bonds is 11. The minimum absolute atomic E-state index is 0. The van der Waals surface area contributed by atoms with E-state index >= 15 is 0 Å². The Bertz CT molecular complexity index is 711. The molecule has 1 aliphatic rings. The smallest absolute Gasteiger partial charge is 0.550 e. The second-order valence-corrected chi connectivity index (χ2v) is 7.74. The molecule has 0 amide bonds. The molecule has 6 nitrogen and oxygen atoms in total. The number of aliphatic carboxylic acids is 1. The summed E-state index contributed by atoms with van der Waals surface area (Å²) in [6, 6.07) is 6.89. The first-order valence-corrected chi connectivity index (χ1v) is 10.2. The molecule has 3 N–H and O–H groups in total. The van der Waals surface area contributed by atoms with Gasteiger partial charge >= 0.3 is 29.6 Å². The number of halogens is 1. The molecule has 0 radical (unpaired) electrons. The number of ether oxygens (including phenoxy) is 1. The van der Waals surface area contributed by atoms with Crippen LogP contribution in [0.3, 0.4) is 0 Å². The summed E-state index contributed by atoms with van der Waals surface area (Å²) in [6.45, 7) is 0.0468. The fourth-order valence-electron chi connectivity index (χ4n) is 3.49. The van der Waals surface area contributed by atoms with Crippen LogP contribution >= 0.6 is 11.6 Å². The first kappa shape index (κ1) is 27.2. The molecule has 0 aliphatic heterocycles. The predicted octanol–water partition coefficient (Wildman–Crippen LogP) is -1.14. The van der Waals surface area contributed by atoms with Crippen LogP contribution in [0.5, 0.6) is 5.75 Å². The average Bonchev–Trinajstić information content (AvgIpc) is 2.93. The molecule has 0 heterocycles. The molecular formula is C22H28ClNaO6. The number of carboxylic acid groups (broad SMARTS) is 1. The Morgan fingerprint density at radius 2 is 2.07 bits per heavy atom. The van der Waals surface area contributed by atoms with Gasteiger partial charge in [0.05, 0.1) is 12.2 Å². The van der Waals surface area contributed by atoms with E-state index in [2.05, 4.69) is 0 Å². The van der Waals surface area contributed by atoms with Crippen LogP contribution in [0.2, 0.25) is 5.02 Å². The number of carboxylic acids is 1. The maximum atomic E-state index is 10.4. The van der Waals surface area contributed by atoms with Gasteiger partial charge in [0, 0.05) is 23.3 Å². The number of allylic oxidation sites excluding steroid dienone is 2. The van der Waals surface area contributed by atoms with Crippen molar-refractivity contribution in [1.29, 1.82) is 0 Å². The van der Waals surface area contributed by atoms with Crippen LogP contribution in [0.25, 0.3) is 0 Å². The fourth-order valence-corrected chi connectivity index (χ4v) is 3.67. The summed E-state index contributed by atoms with van der Waals surface area (Å²) in [5.41, 5.74) is 0. The second kappa shape index (κ2) is 14.2. The summed E-state index contributed by atoms with van der Waals surface area (Å²) in [7, 11) is 0. The molecule has 5 atom stereocenters. The Morgan fingerprint density at radius 1 is 1.30 bits per heavy atom. The quantitative estimate of drug-likeness (QED) is 0.225. The summed E-state index contributed by atoms with van der Waals surface area (Å²) in [4.78, 5) is 10.4. The first-order chi connectivity index (χ1) is 13.9. The molecule has 0 bridgehead atoms. The van der Waals surface area contributed by atoms with Gasteiger partial charge in [-0.25, -0.2) is 0 Å². The largest absolute Gasteiger partial charge is 1.00 e. The van der Waals surface area contributed by atoms with Crippen LogP contribution in [0, 0.1) is 11.8 Å². The number of benzene rings is 1. The van der Waals surface area contributed by atoms with E-state index in [1.165, 1.54) is 0 Å². The normalized spacial score (nSPS) is 24.8. The van der Waals surface area contributed by atoms with Gasteiger partial charge in [0.25, 0.3) is 0 Å². The van der Waals surface area contributed by atoms with Crippen molar-refractivity contribution < 1.29 is 59.5 Å². The third-order valence-electron chi connectivity index (χ3n) is 5.01. The van der Waals surface area contributed by atoms with Crippen molar-refractivity contribution >= 4 is 17.6 Å². The molecule has 1 saturated carbocycles. The van der Waals surface area contributed by atoms with Crippen LogP contribution in [0.4, 0.5) is 0 Å². The van der Waals surface area contributed by atoms with Crippen molar-refractivity contribution in [3.8, 4) is 5.75 Å². The molecule has 2 rings (SSSR count). The molecule has 8 heteroatoms. The van der Waals surface area contributed by atoms with Gasteiger partial charge in [-0.1, -0.05) is 42.0 Å². The van der Waals surface area contributed by atoms with Crippen molar-refractivity contribution in [2.75, 3.05) is 6.61 Å². The van der Waals surface area contributed by atoms with Crippen molar-refractivity contribution in [3.05, 3.63) is 53.6 Å².